The number of halogens is 1. The number of rotatable bonds is 4. The molecule has 5 heteroatoms. The van der Waals surface area contributed by atoms with Crippen LogP contribution in [-0.2, 0) is 12.8 Å². The highest BCUT2D eigenvalue weighted by Gasteiger charge is 2.24. The van der Waals surface area contributed by atoms with Crippen molar-refractivity contribution >= 4 is 45.7 Å². The summed E-state index contributed by atoms with van der Waals surface area (Å²) >= 11 is 7.96. The van der Waals surface area contributed by atoms with E-state index in [2.05, 4.69) is 18.3 Å². The van der Waals surface area contributed by atoms with Gasteiger partial charge in [-0.2, -0.15) is 0 Å². The van der Waals surface area contributed by atoms with Crippen LogP contribution in [0.25, 0.3) is 0 Å². The second-order valence-electron chi connectivity index (χ2n) is 8.08. The summed E-state index contributed by atoms with van der Waals surface area (Å²) in [6.07, 6.45) is 8.47. The Morgan fingerprint density at radius 1 is 1.03 bits per heavy atom. The van der Waals surface area contributed by atoms with Gasteiger partial charge in [-0.15, -0.1) is 11.3 Å². The molecule has 3 aromatic rings. The molecule has 0 atom stereocenters. The van der Waals surface area contributed by atoms with Crippen LogP contribution in [0.1, 0.15) is 63.2 Å². The van der Waals surface area contributed by atoms with Crippen LogP contribution in [0.5, 0.6) is 0 Å². The molecule has 0 spiro atoms. The van der Waals surface area contributed by atoms with Crippen molar-refractivity contribution in [1.82, 2.24) is 0 Å². The zero-order valence-electron chi connectivity index (χ0n) is 18.0. The molecule has 0 fully saturated rings. The molecule has 2 aromatic carbocycles. The number of carbonyl (C=O) groups is 1. The quantitative estimate of drug-likeness (QED) is 0.407. The lowest BCUT2D eigenvalue weighted by atomic mass is 9.96. The number of benzene rings is 2. The van der Waals surface area contributed by atoms with E-state index in [9.17, 15) is 4.79 Å². The molecule has 1 aliphatic carbocycles. The van der Waals surface area contributed by atoms with Crippen LogP contribution in [0.15, 0.2) is 47.5 Å². The fourth-order valence-corrected chi connectivity index (χ4v) is 5.42. The standard InChI is InChI=1S/C26H27ClN2OS/c1-17-10-9-14-22(18(17)2)29-25(30)24-20-12-5-3-4-6-15-23(20)31-26(24)28-16-19-11-7-8-13-21(19)27/h7-11,13-14,16H,3-6,12,15H2,1-2H3,(H,29,30). The van der Waals surface area contributed by atoms with E-state index in [1.54, 1.807) is 17.6 Å². The van der Waals surface area contributed by atoms with Crippen LogP contribution in [-0.4, -0.2) is 12.1 Å². The first-order valence-corrected chi connectivity index (χ1v) is 12.0. The third-order valence-electron chi connectivity index (χ3n) is 5.96. The number of fused-ring (bicyclic) bond motifs is 1. The van der Waals surface area contributed by atoms with Crippen LogP contribution in [0.3, 0.4) is 0 Å². The summed E-state index contributed by atoms with van der Waals surface area (Å²) in [7, 11) is 0. The zero-order valence-corrected chi connectivity index (χ0v) is 19.6. The normalized spacial score (nSPS) is 14.2. The SMILES string of the molecule is Cc1cccc(NC(=O)c2c(N=Cc3ccccc3Cl)sc3c2CCCCCC3)c1C. The minimum absolute atomic E-state index is 0.0712. The lowest BCUT2D eigenvalue weighted by molar-refractivity contribution is 0.102. The molecule has 31 heavy (non-hydrogen) atoms. The fourth-order valence-electron chi connectivity index (χ4n) is 4.01. The Kier molecular flexibility index (Phi) is 6.89. The van der Waals surface area contributed by atoms with Gasteiger partial charge in [0.25, 0.3) is 5.91 Å². The Bertz CT molecular complexity index is 1130. The smallest absolute Gasteiger partial charge is 0.259 e. The molecular formula is C26H27ClN2OS. The molecule has 0 aliphatic heterocycles. The topological polar surface area (TPSA) is 41.5 Å². The maximum Gasteiger partial charge on any atom is 0.259 e. The van der Waals surface area contributed by atoms with E-state index in [-0.39, 0.29) is 5.91 Å². The first kappa shape index (κ1) is 21.8. The van der Waals surface area contributed by atoms with Crippen molar-refractivity contribution in [2.24, 2.45) is 4.99 Å². The molecule has 0 bridgehead atoms. The van der Waals surface area contributed by atoms with Crippen molar-refractivity contribution in [2.75, 3.05) is 5.32 Å². The number of hydrogen-bond donors (Lipinski definition) is 1. The molecule has 1 amide bonds. The number of hydrogen-bond acceptors (Lipinski definition) is 3. The minimum atomic E-state index is -0.0712. The highest BCUT2D eigenvalue weighted by atomic mass is 35.5. The first-order chi connectivity index (χ1) is 15.0. The van der Waals surface area contributed by atoms with Crippen molar-refractivity contribution in [3.05, 3.63) is 80.2 Å². The fraction of sp³-hybridized carbons (Fsp3) is 0.308. The number of thiophene rings is 1. The molecule has 1 aromatic heterocycles. The third kappa shape index (κ3) is 4.91. The Morgan fingerprint density at radius 3 is 2.61 bits per heavy atom. The van der Waals surface area contributed by atoms with Crippen LogP contribution < -0.4 is 5.32 Å². The van der Waals surface area contributed by atoms with Crippen LogP contribution in [0.4, 0.5) is 10.7 Å². The van der Waals surface area contributed by atoms with Gasteiger partial charge in [0.05, 0.1) is 5.56 Å². The summed E-state index contributed by atoms with van der Waals surface area (Å²) in [6.45, 7) is 4.10. The van der Waals surface area contributed by atoms with Gasteiger partial charge in [0.15, 0.2) is 0 Å². The molecule has 160 valence electrons. The van der Waals surface area contributed by atoms with Crippen molar-refractivity contribution in [2.45, 2.75) is 52.4 Å². The average Bonchev–Trinajstić information content (AvgIpc) is 3.07. The highest BCUT2D eigenvalue weighted by molar-refractivity contribution is 7.16. The first-order valence-electron chi connectivity index (χ1n) is 10.9. The van der Waals surface area contributed by atoms with Gasteiger partial charge in [-0.3, -0.25) is 4.79 Å². The largest absolute Gasteiger partial charge is 0.322 e. The lowest BCUT2D eigenvalue weighted by Gasteiger charge is -2.13. The predicted molar refractivity (Wildman–Crippen MR) is 133 cm³/mol. The summed E-state index contributed by atoms with van der Waals surface area (Å²) in [5, 5.41) is 4.59. The summed E-state index contributed by atoms with van der Waals surface area (Å²) in [6, 6.07) is 13.6. The van der Waals surface area contributed by atoms with Gasteiger partial charge >= 0.3 is 0 Å². The van der Waals surface area contributed by atoms with E-state index in [0.29, 0.717) is 5.02 Å². The van der Waals surface area contributed by atoms with Crippen molar-refractivity contribution in [3.63, 3.8) is 0 Å². The number of carbonyl (C=O) groups excluding carboxylic acids is 1. The maximum atomic E-state index is 13.5. The molecule has 3 nitrogen and oxygen atoms in total. The Labute approximate surface area is 193 Å². The lowest BCUT2D eigenvalue weighted by Crippen LogP contribution is -2.15. The van der Waals surface area contributed by atoms with Gasteiger partial charge in [0, 0.05) is 27.4 Å². The molecule has 1 heterocycles. The summed E-state index contributed by atoms with van der Waals surface area (Å²) in [5.74, 6) is -0.0712. The summed E-state index contributed by atoms with van der Waals surface area (Å²) in [4.78, 5) is 19.6. The average molecular weight is 451 g/mol. The van der Waals surface area contributed by atoms with Gasteiger partial charge in [-0.05, 0) is 68.4 Å². The Morgan fingerprint density at radius 2 is 1.81 bits per heavy atom. The number of anilines is 1. The van der Waals surface area contributed by atoms with E-state index in [0.717, 1.165) is 52.2 Å². The molecule has 0 saturated heterocycles. The summed E-state index contributed by atoms with van der Waals surface area (Å²) < 4.78 is 0. The van der Waals surface area contributed by atoms with Crippen molar-refractivity contribution < 1.29 is 4.79 Å². The number of aryl methyl sites for hydroxylation is 2. The van der Waals surface area contributed by atoms with Gasteiger partial charge < -0.3 is 5.32 Å². The summed E-state index contributed by atoms with van der Waals surface area (Å²) in [5.41, 5.74) is 5.87. The number of amides is 1. The van der Waals surface area contributed by atoms with E-state index < -0.39 is 0 Å². The van der Waals surface area contributed by atoms with E-state index in [4.69, 9.17) is 16.6 Å². The monoisotopic (exact) mass is 450 g/mol. The third-order valence-corrected chi connectivity index (χ3v) is 7.50. The number of nitrogens with zero attached hydrogens (tertiary/aromatic N) is 1. The van der Waals surface area contributed by atoms with E-state index >= 15 is 0 Å². The van der Waals surface area contributed by atoms with Gasteiger partial charge in [0.1, 0.15) is 5.00 Å². The van der Waals surface area contributed by atoms with E-state index in [1.165, 1.54) is 29.7 Å². The molecule has 1 aliphatic rings. The molecule has 1 N–H and O–H groups in total. The second kappa shape index (κ2) is 9.80. The van der Waals surface area contributed by atoms with Crippen molar-refractivity contribution in [3.8, 4) is 0 Å². The molecule has 0 radical (unpaired) electrons. The molecule has 4 rings (SSSR count). The Hall–Kier alpha value is -2.43. The van der Waals surface area contributed by atoms with Crippen LogP contribution in [0, 0.1) is 13.8 Å². The molecule has 0 saturated carbocycles. The van der Waals surface area contributed by atoms with Crippen LogP contribution >= 0.6 is 22.9 Å². The van der Waals surface area contributed by atoms with Gasteiger partial charge in [0.2, 0.25) is 0 Å². The number of aliphatic imine (C=N–C) groups is 1. The van der Waals surface area contributed by atoms with E-state index in [1.807, 2.05) is 43.3 Å². The second-order valence-corrected chi connectivity index (χ2v) is 9.57. The molecule has 0 unspecified atom stereocenters. The zero-order chi connectivity index (χ0) is 21.8. The van der Waals surface area contributed by atoms with Crippen LogP contribution in [0.2, 0.25) is 5.02 Å². The van der Waals surface area contributed by atoms with Gasteiger partial charge in [-0.25, -0.2) is 4.99 Å². The van der Waals surface area contributed by atoms with Gasteiger partial charge in [-0.1, -0.05) is 54.8 Å². The molecular weight excluding hydrogens is 424 g/mol. The van der Waals surface area contributed by atoms with Crippen molar-refractivity contribution in [1.29, 1.82) is 0 Å². The minimum Gasteiger partial charge on any atom is -0.322 e. The Balaban J connectivity index is 1.74. The highest BCUT2D eigenvalue weighted by Crippen LogP contribution is 2.39. The predicted octanol–water partition coefficient (Wildman–Crippen LogP) is 7.68. The maximum absolute atomic E-state index is 13.5. The number of nitrogens with one attached hydrogen (secondary N) is 1.